The Morgan fingerprint density at radius 2 is 2.24 bits per heavy atom. The van der Waals surface area contributed by atoms with Gasteiger partial charge in [-0.3, -0.25) is 4.79 Å². The molecule has 1 rings (SSSR count). The number of carbonyl (C=O) groups excluding carboxylic acids is 1. The number of rotatable bonds is 5. The highest BCUT2D eigenvalue weighted by molar-refractivity contribution is 8.00. The minimum atomic E-state index is -3.22. The van der Waals surface area contributed by atoms with Crippen LogP contribution in [0.2, 0.25) is 0 Å². The van der Waals surface area contributed by atoms with E-state index in [4.69, 9.17) is 4.74 Å². The quantitative estimate of drug-likeness (QED) is 0.681. The zero-order valence-corrected chi connectivity index (χ0v) is 11.8. The van der Waals surface area contributed by atoms with Crippen molar-refractivity contribution < 1.29 is 17.9 Å². The zero-order chi connectivity index (χ0) is 12.9. The molecular formula is C10H19NO4S2. The summed E-state index contributed by atoms with van der Waals surface area (Å²) in [5.74, 6) is 1.01. The molecule has 1 amide bonds. The molecule has 1 heterocycles. The van der Waals surface area contributed by atoms with Gasteiger partial charge in [0.2, 0.25) is 5.91 Å². The van der Waals surface area contributed by atoms with Gasteiger partial charge in [0.05, 0.1) is 0 Å². The summed E-state index contributed by atoms with van der Waals surface area (Å²) in [5, 5.41) is -0.695. The molecule has 17 heavy (non-hydrogen) atoms. The molecule has 7 heteroatoms. The third-order valence-corrected chi connectivity index (χ3v) is 5.12. The van der Waals surface area contributed by atoms with Crippen LogP contribution in [-0.2, 0) is 19.4 Å². The Morgan fingerprint density at radius 3 is 2.82 bits per heavy atom. The summed E-state index contributed by atoms with van der Waals surface area (Å²) >= 11 is 1.57. The SMILES string of the molecule is CCCOCC(=O)N1CCSCC1S(C)(=O)=O. The second-order valence-electron chi connectivity index (χ2n) is 4.00. The predicted octanol–water partition coefficient (Wildman–Crippen LogP) is 0.359. The van der Waals surface area contributed by atoms with E-state index in [9.17, 15) is 13.2 Å². The molecule has 0 aromatic rings. The third-order valence-electron chi connectivity index (χ3n) is 2.47. The first-order valence-corrected chi connectivity index (χ1v) is 8.71. The van der Waals surface area contributed by atoms with Crippen LogP contribution in [0.3, 0.4) is 0 Å². The summed E-state index contributed by atoms with van der Waals surface area (Å²) in [6, 6.07) is 0. The molecule has 1 aliphatic heterocycles. The Labute approximate surface area is 107 Å². The van der Waals surface area contributed by atoms with Gasteiger partial charge in [0, 0.05) is 30.9 Å². The molecule has 0 spiro atoms. The van der Waals surface area contributed by atoms with Crippen LogP contribution in [0.4, 0.5) is 0 Å². The summed E-state index contributed by atoms with van der Waals surface area (Å²) in [6.07, 6.45) is 2.02. The first-order chi connectivity index (χ1) is 7.96. The Morgan fingerprint density at radius 1 is 1.53 bits per heavy atom. The van der Waals surface area contributed by atoms with Crippen molar-refractivity contribution in [1.82, 2.24) is 4.90 Å². The van der Waals surface area contributed by atoms with Crippen molar-refractivity contribution in [2.45, 2.75) is 18.7 Å². The average molecular weight is 281 g/mol. The third kappa shape index (κ3) is 4.48. The van der Waals surface area contributed by atoms with Gasteiger partial charge in [-0.05, 0) is 6.42 Å². The molecule has 0 saturated carbocycles. The van der Waals surface area contributed by atoms with E-state index in [0.29, 0.717) is 18.9 Å². The molecule has 1 saturated heterocycles. The van der Waals surface area contributed by atoms with Gasteiger partial charge in [-0.2, -0.15) is 11.8 Å². The van der Waals surface area contributed by atoms with Gasteiger partial charge in [-0.1, -0.05) is 6.92 Å². The van der Waals surface area contributed by atoms with Crippen LogP contribution in [0.5, 0.6) is 0 Å². The number of amides is 1. The smallest absolute Gasteiger partial charge is 0.249 e. The van der Waals surface area contributed by atoms with Gasteiger partial charge < -0.3 is 9.64 Å². The summed E-state index contributed by atoms with van der Waals surface area (Å²) in [5.41, 5.74) is 0. The largest absolute Gasteiger partial charge is 0.372 e. The van der Waals surface area contributed by atoms with Gasteiger partial charge >= 0.3 is 0 Å². The fourth-order valence-electron chi connectivity index (χ4n) is 1.61. The highest BCUT2D eigenvalue weighted by atomic mass is 32.2. The van der Waals surface area contributed by atoms with E-state index in [1.807, 2.05) is 6.92 Å². The van der Waals surface area contributed by atoms with Crippen LogP contribution in [0, 0.1) is 0 Å². The lowest BCUT2D eigenvalue weighted by Gasteiger charge is -2.33. The van der Waals surface area contributed by atoms with Gasteiger partial charge in [0.15, 0.2) is 9.84 Å². The first kappa shape index (κ1) is 14.8. The predicted molar refractivity (Wildman–Crippen MR) is 68.8 cm³/mol. The van der Waals surface area contributed by atoms with Crippen LogP contribution in [0.25, 0.3) is 0 Å². The van der Waals surface area contributed by atoms with Gasteiger partial charge in [0.1, 0.15) is 12.0 Å². The molecule has 0 aromatic carbocycles. The Balaban J connectivity index is 2.62. The number of nitrogens with zero attached hydrogens (tertiary/aromatic N) is 1. The Kier molecular flexibility index (Phi) is 5.75. The summed E-state index contributed by atoms with van der Waals surface area (Å²) in [6.45, 7) is 2.94. The van der Waals surface area contributed by atoms with Crippen molar-refractivity contribution in [3.8, 4) is 0 Å². The Bertz CT molecular complexity index is 355. The molecule has 1 aliphatic rings. The molecule has 5 nitrogen and oxygen atoms in total. The minimum absolute atomic E-state index is 0.0233. The number of sulfone groups is 1. The molecule has 1 fully saturated rings. The van der Waals surface area contributed by atoms with Crippen molar-refractivity contribution in [3.05, 3.63) is 0 Å². The summed E-state index contributed by atoms with van der Waals surface area (Å²) < 4.78 is 28.3. The monoisotopic (exact) mass is 281 g/mol. The lowest BCUT2D eigenvalue weighted by atomic mass is 10.4. The van der Waals surface area contributed by atoms with E-state index in [0.717, 1.165) is 12.2 Å². The standard InChI is InChI=1S/C10H19NO4S2/c1-3-5-15-7-9(12)11-4-6-16-8-10(11)17(2,13)14/h10H,3-8H2,1-2H3. The van der Waals surface area contributed by atoms with Crippen molar-refractivity contribution in [1.29, 1.82) is 0 Å². The molecule has 0 radical (unpaired) electrons. The molecule has 1 unspecified atom stereocenters. The molecule has 0 N–H and O–H groups in total. The maximum atomic E-state index is 11.9. The number of ether oxygens (including phenoxy) is 1. The van der Waals surface area contributed by atoms with Gasteiger partial charge in [-0.15, -0.1) is 0 Å². The van der Waals surface area contributed by atoms with Crippen LogP contribution < -0.4 is 0 Å². The molecule has 0 aromatic heterocycles. The molecule has 0 aliphatic carbocycles. The normalized spacial score (nSPS) is 21.5. The number of thioether (sulfide) groups is 1. The summed E-state index contributed by atoms with van der Waals surface area (Å²) in [7, 11) is -3.22. The second kappa shape index (κ2) is 6.61. The number of hydrogen-bond acceptors (Lipinski definition) is 5. The molecule has 0 bridgehead atoms. The van der Waals surface area contributed by atoms with Crippen LogP contribution in [0.1, 0.15) is 13.3 Å². The first-order valence-electron chi connectivity index (χ1n) is 5.60. The van der Waals surface area contributed by atoms with E-state index in [1.54, 1.807) is 11.8 Å². The average Bonchev–Trinajstić information content (AvgIpc) is 2.28. The van der Waals surface area contributed by atoms with E-state index >= 15 is 0 Å². The highest BCUT2D eigenvalue weighted by Gasteiger charge is 2.33. The van der Waals surface area contributed by atoms with Crippen LogP contribution in [0.15, 0.2) is 0 Å². The van der Waals surface area contributed by atoms with E-state index in [2.05, 4.69) is 0 Å². The molecule has 100 valence electrons. The van der Waals surface area contributed by atoms with E-state index < -0.39 is 15.2 Å². The van der Waals surface area contributed by atoms with Crippen LogP contribution >= 0.6 is 11.8 Å². The number of carbonyl (C=O) groups is 1. The molecular weight excluding hydrogens is 262 g/mol. The van der Waals surface area contributed by atoms with Gasteiger partial charge in [-0.25, -0.2) is 8.42 Å². The lowest BCUT2D eigenvalue weighted by molar-refractivity contribution is -0.136. The topological polar surface area (TPSA) is 63.7 Å². The highest BCUT2D eigenvalue weighted by Crippen LogP contribution is 2.20. The van der Waals surface area contributed by atoms with Crippen molar-refractivity contribution in [3.63, 3.8) is 0 Å². The molecule has 1 atom stereocenters. The van der Waals surface area contributed by atoms with Crippen molar-refractivity contribution >= 4 is 27.5 Å². The maximum absolute atomic E-state index is 11.9. The van der Waals surface area contributed by atoms with E-state index in [-0.39, 0.29) is 12.5 Å². The lowest BCUT2D eigenvalue weighted by Crippen LogP contribution is -2.51. The summed E-state index contributed by atoms with van der Waals surface area (Å²) in [4.78, 5) is 13.3. The number of hydrogen-bond donors (Lipinski definition) is 0. The van der Waals surface area contributed by atoms with Gasteiger partial charge in [0.25, 0.3) is 0 Å². The zero-order valence-electron chi connectivity index (χ0n) is 10.2. The van der Waals surface area contributed by atoms with Crippen LogP contribution in [-0.4, -0.2) is 62.1 Å². The Hall–Kier alpha value is -0.270. The fourth-order valence-corrected chi connectivity index (χ4v) is 4.44. The van der Waals surface area contributed by atoms with E-state index in [1.165, 1.54) is 11.2 Å². The van der Waals surface area contributed by atoms with Crippen molar-refractivity contribution in [2.24, 2.45) is 0 Å². The maximum Gasteiger partial charge on any atom is 0.249 e. The van der Waals surface area contributed by atoms with Crippen molar-refractivity contribution in [2.75, 3.05) is 37.5 Å². The fraction of sp³-hybridized carbons (Fsp3) is 0.900. The minimum Gasteiger partial charge on any atom is -0.372 e. The second-order valence-corrected chi connectivity index (χ2v) is 7.35.